The molecule has 0 amide bonds. The van der Waals surface area contributed by atoms with Crippen molar-refractivity contribution in [3.63, 3.8) is 0 Å². The van der Waals surface area contributed by atoms with E-state index in [-0.39, 0.29) is 18.2 Å². The van der Waals surface area contributed by atoms with Gasteiger partial charge in [0.15, 0.2) is 6.10 Å². The minimum absolute atomic E-state index is 0.131. The quantitative estimate of drug-likeness (QED) is 0.325. The SMILES string of the molecule is C#CC1OCCC1OC(=O)CCCCCCCCCCC. The summed E-state index contributed by atoms with van der Waals surface area (Å²) in [6, 6.07) is 0. The van der Waals surface area contributed by atoms with Crippen molar-refractivity contribution < 1.29 is 14.3 Å². The zero-order valence-electron chi connectivity index (χ0n) is 13.4. The average Bonchev–Trinajstić information content (AvgIpc) is 2.92. The lowest BCUT2D eigenvalue weighted by molar-refractivity contribution is -0.150. The maximum atomic E-state index is 11.7. The molecular weight excluding hydrogens is 264 g/mol. The number of esters is 1. The predicted octanol–water partition coefficient (Wildman–Crippen LogP) is 4.24. The molecule has 3 heteroatoms. The second kappa shape index (κ2) is 11.6. The van der Waals surface area contributed by atoms with E-state index in [0.29, 0.717) is 13.0 Å². The van der Waals surface area contributed by atoms with Gasteiger partial charge in [0.05, 0.1) is 6.61 Å². The minimum atomic E-state index is -0.350. The summed E-state index contributed by atoms with van der Waals surface area (Å²) in [6.07, 6.45) is 17.2. The van der Waals surface area contributed by atoms with Crippen LogP contribution in [-0.2, 0) is 14.3 Å². The number of carbonyl (C=O) groups excluding carboxylic acids is 1. The molecule has 0 aromatic heterocycles. The van der Waals surface area contributed by atoms with Gasteiger partial charge in [-0.1, -0.05) is 64.2 Å². The molecule has 0 aromatic carbocycles. The van der Waals surface area contributed by atoms with Crippen molar-refractivity contribution in [2.75, 3.05) is 6.61 Å². The van der Waals surface area contributed by atoms with Gasteiger partial charge in [0.2, 0.25) is 0 Å². The molecule has 120 valence electrons. The van der Waals surface area contributed by atoms with Crippen LogP contribution in [0.2, 0.25) is 0 Å². The maximum Gasteiger partial charge on any atom is 0.306 e. The zero-order valence-corrected chi connectivity index (χ0v) is 13.4. The third-order valence-corrected chi connectivity index (χ3v) is 3.97. The number of ether oxygens (including phenoxy) is 2. The smallest absolute Gasteiger partial charge is 0.306 e. The van der Waals surface area contributed by atoms with Crippen LogP contribution in [0.3, 0.4) is 0 Å². The van der Waals surface area contributed by atoms with Crippen LogP contribution in [0.15, 0.2) is 0 Å². The standard InChI is InChI=1S/C18H30O3/c1-3-5-6-7-8-9-10-11-12-13-18(19)21-17-14-15-20-16(17)4-2/h2,16-17H,3,5-15H2,1H3. The fourth-order valence-electron chi connectivity index (χ4n) is 2.65. The Morgan fingerprint density at radius 1 is 1.14 bits per heavy atom. The third-order valence-electron chi connectivity index (χ3n) is 3.97. The molecule has 2 atom stereocenters. The average molecular weight is 294 g/mol. The maximum absolute atomic E-state index is 11.7. The van der Waals surface area contributed by atoms with E-state index in [4.69, 9.17) is 15.9 Å². The van der Waals surface area contributed by atoms with E-state index in [9.17, 15) is 4.79 Å². The third kappa shape index (κ3) is 8.12. The van der Waals surface area contributed by atoms with Crippen molar-refractivity contribution in [1.82, 2.24) is 0 Å². The minimum Gasteiger partial charge on any atom is -0.458 e. The van der Waals surface area contributed by atoms with E-state index in [1.807, 2.05) is 0 Å². The molecule has 0 spiro atoms. The van der Waals surface area contributed by atoms with E-state index in [2.05, 4.69) is 12.8 Å². The number of carbonyl (C=O) groups is 1. The molecular formula is C18H30O3. The van der Waals surface area contributed by atoms with Crippen LogP contribution in [0.4, 0.5) is 0 Å². The molecule has 0 saturated carbocycles. The van der Waals surface area contributed by atoms with E-state index in [1.54, 1.807) is 0 Å². The molecule has 21 heavy (non-hydrogen) atoms. The first-order chi connectivity index (χ1) is 10.3. The van der Waals surface area contributed by atoms with Crippen molar-refractivity contribution >= 4 is 5.97 Å². The molecule has 1 heterocycles. The Balaban J connectivity index is 1.93. The fraction of sp³-hybridized carbons (Fsp3) is 0.833. The van der Waals surface area contributed by atoms with Crippen LogP contribution in [-0.4, -0.2) is 24.8 Å². The molecule has 0 radical (unpaired) electrons. The van der Waals surface area contributed by atoms with Crippen LogP contribution in [0, 0.1) is 12.3 Å². The Morgan fingerprint density at radius 2 is 1.76 bits per heavy atom. The fourth-order valence-corrected chi connectivity index (χ4v) is 2.65. The molecule has 3 nitrogen and oxygen atoms in total. The Bertz CT molecular complexity index is 319. The van der Waals surface area contributed by atoms with Crippen LogP contribution in [0.1, 0.15) is 77.6 Å². The Labute approximate surface area is 129 Å². The topological polar surface area (TPSA) is 35.5 Å². The zero-order chi connectivity index (χ0) is 15.3. The van der Waals surface area contributed by atoms with Crippen LogP contribution in [0.25, 0.3) is 0 Å². The summed E-state index contributed by atoms with van der Waals surface area (Å²) in [7, 11) is 0. The molecule has 2 unspecified atom stereocenters. The summed E-state index contributed by atoms with van der Waals surface area (Å²) < 4.78 is 10.7. The second-order valence-electron chi connectivity index (χ2n) is 5.85. The van der Waals surface area contributed by atoms with Crippen LogP contribution < -0.4 is 0 Å². The van der Waals surface area contributed by atoms with Gasteiger partial charge in [-0.25, -0.2) is 0 Å². The monoisotopic (exact) mass is 294 g/mol. The van der Waals surface area contributed by atoms with Crippen LogP contribution in [0.5, 0.6) is 0 Å². The number of unbranched alkanes of at least 4 members (excludes halogenated alkanes) is 8. The van der Waals surface area contributed by atoms with Gasteiger partial charge in [0.25, 0.3) is 0 Å². The lowest BCUT2D eigenvalue weighted by Gasteiger charge is -2.14. The van der Waals surface area contributed by atoms with Crippen molar-refractivity contribution in [3.8, 4) is 12.3 Å². The number of hydrogen-bond acceptors (Lipinski definition) is 3. The predicted molar refractivity (Wildman–Crippen MR) is 84.9 cm³/mol. The van der Waals surface area contributed by atoms with Gasteiger partial charge in [-0.05, 0) is 6.42 Å². The van der Waals surface area contributed by atoms with E-state index >= 15 is 0 Å². The molecule has 0 bridgehead atoms. The van der Waals surface area contributed by atoms with Gasteiger partial charge in [0, 0.05) is 12.8 Å². The van der Waals surface area contributed by atoms with Crippen LogP contribution >= 0.6 is 0 Å². The number of rotatable bonds is 11. The summed E-state index contributed by atoms with van der Waals surface area (Å²) in [6.45, 7) is 2.83. The number of hydrogen-bond donors (Lipinski definition) is 0. The van der Waals surface area contributed by atoms with Gasteiger partial charge in [-0.2, -0.15) is 0 Å². The largest absolute Gasteiger partial charge is 0.458 e. The highest BCUT2D eigenvalue weighted by Gasteiger charge is 2.29. The molecule has 0 N–H and O–H groups in total. The summed E-state index contributed by atoms with van der Waals surface area (Å²) >= 11 is 0. The summed E-state index contributed by atoms with van der Waals surface area (Å²) in [5, 5.41) is 0. The van der Waals surface area contributed by atoms with Gasteiger partial charge < -0.3 is 9.47 Å². The van der Waals surface area contributed by atoms with E-state index < -0.39 is 0 Å². The Hall–Kier alpha value is -1.01. The first-order valence-corrected chi connectivity index (χ1v) is 8.55. The highest BCUT2D eigenvalue weighted by atomic mass is 16.6. The van der Waals surface area contributed by atoms with E-state index in [0.717, 1.165) is 19.3 Å². The first-order valence-electron chi connectivity index (χ1n) is 8.55. The van der Waals surface area contributed by atoms with Crippen molar-refractivity contribution in [3.05, 3.63) is 0 Å². The molecule has 1 fully saturated rings. The van der Waals surface area contributed by atoms with Crippen molar-refractivity contribution in [2.45, 2.75) is 89.8 Å². The first kappa shape index (κ1) is 18.0. The second-order valence-corrected chi connectivity index (χ2v) is 5.85. The lowest BCUT2D eigenvalue weighted by atomic mass is 10.1. The summed E-state index contributed by atoms with van der Waals surface area (Å²) in [5.41, 5.74) is 0. The van der Waals surface area contributed by atoms with Crippen molar-refractivity contribution in [1.29, 1.82) is 0 Å². The highest BCUT2D eigenvalue weighted by Crippen LogP contribution is 2.18. The van der Waals surface area contributed by atoms with Gasteiger partial charge in [-0.3, -0.25) is 4.79 Å². The molecule has 1 aliphatic heterocycles. The van der Waals surface area contributed by atoms with Gasteiger partial charge >= 0.3 is 5.97 Å². The molecule has 1 saturated heterocycles. The molecule has 0 aliphatic carbocycles. The lowest BCUT2D eigenvalue weighted by Crippen LogP contribution is -2.25. The Kier molecular flexibility index (Phi) is 9.99. The number of terminal acetylenes is 1. The summed E-state index contributed by atoms with van der Waals surface area (Å²) in [4.78, 5) is 11.7. The molecule has 0 aromatic rings. The van der Waals surface area contributed by atoms with Crippen molar-refractivity contribution in [2.24, 2.45) is 0 Å². The van der Waals surface area contributed by atoms with Gasteiger partial charge in [0.1, 0.15) is 6.10 Å². The van der Waals surface area contributed by atoms with Gasteiger partial charge in [-0.15, -0.1) is 6.42 Å². The Morgan fingerprint density at radius 3 is 2.38 bits per heavy atom. The summed E-state index contributed by atoms with van der Waals surface area (Å²) in [5.74, 6) is 2.39. The molecule has 1 rings (SSSR count). The molecule has 1 aliphatic rings. The van der Waals surface area contributed by atoms with E-state index in [1.165, 1.54) is 44.9 Å². The highest BCUT2D eigenvalue weighted by molar-refractivity contribution is 5.69. The normalized spacial score (nSPS) is 21.1.